The fraction of sp³-hybridized carbons (Fsp3) is 0.630. The van der Waals surface area contributed by atoms with Crippen molar-refractivity contribution in [1.82, 2.24) is 4.90 Å². The van der Waals surface area contributed by atoms with Crippen molar-refractivity contribution in [2.45, 2.75) is 95.1 Å². The van der Waals surface area contributed by atoms with Crippen LogP contribution in [-0.4, -0.2) is 51.6 Å². The van der Waals surface area contributed by atoms with Crippen molar-refractivity contribution in [2.75, 3.05) is 6.54 Å². The Morgan fingerprint density at radius 1 is 1.12 bits per heavy atom. The molecule has 2 atom stereocenters. The average Bonchev–Trinajstić information content (AvgIpc) is 2.99. The number of aryl methyl sites for hydroxylation is 1. The Kier molecular flexibility index (Phi) is 9.23. The Labute approximate surface area is 200 Å². The minimum atomic E-state index is -3.38. The van der Waals surface area contributed by atoms with Gasteiger partial charge in [0.25, 0.3) is 5.91 Å². The van der Waals surface area contributed by atoms with E-state index in [9.17, 15) is 23.5 Å². The average molecular weight is 478 g/mol. The lowest BCUT2D eigenvalue weighted by Gasteiger charge is -2.45. The van der Waals surface area contributed by atoms with Gasteiger partial charge in [-0.3, -0.25) is 9.59 Å². The number of carbonyl (C=O) groups excluding carboxylic acids is 1. The highest BCUT2D eigenvalue weighted by molar-refractivity contribution is 5.86. The molecular formula is C27H37F2NO4. The van der Waals surface area contributed by atoms with Gasteiger partial charge >= 0.3 is 11.9 Å². The number of carboxylic acids is 1. The standard InChI is InChI=1S/C27H37F2NO4/c28-27(29)20-22(30(25(27)34)19-7-2-1-6-13-24(32)33)14-15-23(31)26(17-9-18-26)16-8-12-21-10-4-3-5-11-21/h3-5,10-11,14-15,22-23,31H,1-2,6-9,12-13,16-20H2,(H,32,33)/t22-,23+/m0/s1. The lowest BCUT2D eigenvalue weighted by Crippen LogP contribution is -2.41. The first kappa shape index (κ1) is 26.3. The van der Waals surface area contributed by atoms with Crippen LogP contribution >= 0.6 is 0 Å². The largest absolute Gasteiger partial charge is 0.481 e. The highest BCUT2D eigenvalue weighted by Crippen LogP contribution is 2.48. The number of unbranched alkanes of at least 4 members (excludes halogenated alkanes) is 3. The van der Waals surface area contributed by atoms with Crippen molar-refractivity contribution >= 4 is 11.9 Å². The van der Waals surface area contributed by atoms with Crippen molar-refractivity contribution in [3.05, 3.63) is 48.0 Å². The number of benzene rings is 1. The number of rotatable bonds is 14. The molecule has 1 aliphatic carbocycles. The van der Waals surface area contributed by atoms with Gasteiger partial charge < -0.3 is 15.1 Å². The van der Waals surface area contributed by atoms with E-state index >= 15 is 0 Å². The Bertz CT molecular complexity index is 838. The fourth-order valence-corrected chi connectivity index (χ4v) is 5.22. The van der Waals surface area contributed by atoms with Crippen LogP contribution in [0.25, 0.3) is 0 Å². The molecule has 1 saturated heterocycles. The van der Waals surface area contributed by atoms with Gasteiger partial charge in [-0.1, -0.05) is 61.7 Å². The number of aliphatic hydroxyl groups is 1. The summed E-state index contributed by atoms with van der Waals surface area (Å²) in [7, 11) is 0. The maximum atomic E-state index is 14.2. The number of aliphatic carboxylic acids is 1. The third-order valence-corrected chi connectivity index (χ3v) is 7.45. The second-order valence-corrected chi connectivity index (χ2v) is 9.92. The van der Waals surface area contributed by atoms with E-state index < -0.39 is 36.4 Å². The SMILES string of the molecule is O=C(O)CCCCCCN1C(=O)C(F)(F)C[C@@H]1C=C[C@@H](O)C1(CCCc2ccccc2)CCC1. The molecule has 0 radical (unpaired) electrons. The highest BCUT2D eigenvalue weighted by Gasteiger charge is 2.52. The summed E-state index contributed by atoms with van der Waals surface area (Å²) < 4.78 is 28.3. The van der Waals surface area contributed by atoms with E-state index in [1.807, 2.05) is 18.2 Å². The van der Waals surface area contributed by atoms with Crippen molar-refractivity contribution in [1.29, 1.82) is 0 Å². The number of hydrogen-bond donors (Lipinski definition) is 2. The van der Waals surface area contributed by atoms with Crippen LogP contribution < -0.4 is 0 Å². The summed E-state index contributed by atoms with van der Waals surface area (Å²) in [6, 6.07) is 9.51. The third-order valence-electron chi connectivity index (χ3n) is 7.45. The van der Waals surface area contributed by atoms with Gasteiger partial charge in [0, 0.05) is 19.4 Å². The lowest BCUT2D eigenvalue weighted by molar-refractivity contribution is -0.148. The van der Waals surface area contributed by atoms with Gasteiger partial charge in [-0.25, -0.2) is 0 Å². The van der Waals surface area contributed by atoms with Crippen molar-refractivity contribution < 1.29 is 28.6 Å². The van der Waals surface area contributed by atoms with E-state index in [2.05, 4.69) is 12.1 Å². The smallest absolute Gasteiger partial charge is 0.327 e. The van der Waals surface area contributed by atoms with E-state index in [-0.39, 0.29) is 18.4 Å². The third kappa shape index (κ3) is 6.87. The van der Waals surface area contributed by atoms with Gasteiger partial charge in [-0.15, -0.1) is 0 Å². The van der Waals surface area contributed by atoms with E-state index in [1.54, 1.807) is 12.2 Å². The molecule has 34 heavy (non-hydrogen) atoms. The lowest BCUT2D eigenvalue weighted by atomic mass is 9.62. The van der Waals surface area contributed by atoms with Crippen LogP contribution in [0.15, 0.2) is 42.5 Å². The van der Waals surface area contributed by atoms with Crippen LogP contribution in [0.5, 0.6) is 0 Å². The molecule has 188 valence electrons. The first-order valence-corrected chi connectivity index (χ1v) is 12.5. The Morgan fingerprint density at radius 3 is 2.47 bits per heavy atom. The predicted molar refractivity (Wildman–Crippen MR) is 127 cm³/mol. The summed E-state index contributed by atoms with van der Waals surface area (Å²) in [5.41, 5.74) is 1.07. The Morgan fingerprint density at radius 2 is 1.82 bits per heavy atom. The van der Waals surface area contributed by atoms with Gasteiger partial charge in [0.1, 0.15) is 0 Å². The zero-order chi connectivity index (χ0) is 24.6. The van der Waals surface area contributed by atoms with Gasteiger partial charge in [-0.05, 0) is 55.9 Å². The second-order valence-electron chi connectivity index (χ2n) is 9.92. The molecule has 1 heterocycles. The number of halogens is 2. The molecule has 0 bridgehead atoms. The van der Waals surface area contributed by atoms with E-state index in [1.165, 1.54) is 10.5 Å². The number of alkyl halides is 2. The molecule has 3 rings (SSSR count). The molecule has 1 aromatic carbocycles. The van der Waals surface area contributed by atoms with Gasteiger partial charge in [0.15, 0.2) is 0 Å². The summed E-state index contributed by atoms with van der Waals surface area (Å²) in [6.07, 6.45) is 10.2. The molecule has 2 N–H and O–H groups in total. The normalized spacial score (nSPS) is 22.1. The van der Waals surface area contributed by atoms with Crippen molar-refractivity contribution in [2.24, 2.45) is 5.41 Å². The summed E-state index contributed by atoms with van der Waals surface area (Å²) in [4.78, 5) is 24.0. The van der Waals surface area contributed by atoms with Gasteiger partial charge in [0.05, 0.1) is 12.1 Å². The maximum absolute atomic E-state index is 14.2. The van der Waals surface area contributed by atoms with E-state index in [4.69, 9.17) is 5.11 Å². The highest BCUT2D eigenvalue weighted by atomic mass is 19.3. The zero-order valence-corrected chi connectivity index (χ0v) is 19.8. The fourth-order valence-electron chi connectivity index (χ4n) is 5.22. The maximum Gasteiger partial charge on any atom is 0.327 e. The molecule has 0 spiro atoms. The summed E-state index contributed by atoms with van der Waals surface area (Å²) in [6.45, 7) is 0.217. The summed E-state index contributed by atoms with van der Waals surface area (Å²) in [5, 5.41) is 19.6. The Balaban J connectivity index is 1.52. The van der Waals surface area contributed by atoms with Crippen LogP contribution in [-0.2, 0) is 16.0 Å². The first-order chi connectivity index (χ1) is 16.2. The van der Waals surface area contributed by atoms with Gasteiger partial charge in [-0.2, -0.15) is 8.78 Å². The molecule has 5 nitrogen and oxygen atoms in total. The van der Waals surface area contributed by atoms with Crippen LogP contribution in [0, 0.1) is 5.41 Å². The summed E-state index contributed by atoms with van der Waals surface area (Å²) >= 11 is 0. The van der Waals surface area contributed by atoms with Crippen LogP contribution in [0.2, 0.25) is 0 Å². The minimum Gasteiger partial charge on any atom is -0.481 e. The van der Waals surface area contributed by atoms with E-state index in [0.717, 1.165) is 38.5 Å². The number of carboxylic acid groups (broad SMARTS) is 1. The first-order valence-electron chi connectivity index (χ1n) is 12.5. The molecule has 7 heteroatoms. The van der Waals surface area contributed by atoms with Crippen LogP contribution in [0.4, 0.5) is 8.78 Å². The van der Waals surface area contributed by atoms with Crippen LogP contribution in [0.3, 0.4) is 0 Å². The molecule has 1 aliphatic heterocycles. The quantitative estimate of drug-likeness (QED) is 0.279. The molecule has 2 fully saturated rings. The molecule has 1 saturated carbocycles. The topological polar surface area (TPSA) is 77.8 Å². The monoisotopic (exact) mass is 477 g/mol. The van der Waals surface area contributed by atoms with E-state index in [0.29, 0.717) is 25.7 Å². The minimum absolute atomic E-state index is 0.0943. The predicted octanol–water partition coefficient (Wildman–Crippen LogP) is 5.37. The zero-order valence-electron chi connectivity index (χ0n) is 19.8. The second kappa shape index (κ2) is 11.9. The molecule has 1 amide bonds. The molecule has 0 unspecified atom stereocenters. The van der Waals surface area contributed by atoms with Crippen LogP contribution in [0.1, 0.15) is 76.2 Å². The summed E-state index contributed by atoms with van der Waals surface area (Å²) in [5.74, 6) is -5.38. The molecule has 1 aromatic rings. The number of hydrogen-bond acceptors (Lipinski definition) is 3. The number of aliphatic hydroxyl groups excluding tert-OH is 1. The van der Waals surface area contributed by atoms with Crippen molar-refractivity contribution in [3.63, 3.8) is 0 Å². The number of amides is 1. The number of likely N-dealkylation sites (tertiary alicyclic amines) is 1. The van der Waals surface area contributed by atoms with Gasteiger partial charge in [0.2, 0.25) is 0 Å². The number of carbonyl (C=O) groups is 2. The molecular weight excluding hydrogens is 440 g/mol. The number of nitrogens with zero attached hydrogens (tertiary/aromatic N) is 1. The molecule has 0 aromatic heterocycles. The van der Waals surface area contributed by atoms with Crippen molar-refractivity contribution in [3.8, 4) is 0 Å². The molecule has 2 aliphatic rings. The Hall–Kier alpha value is -2.28.